The topological polar surface area (TPSA) is 64.1 Å². The fourth-order valence-electron chi connectivity index (χ4n) is 2.76. The highest BCUT2D eigenvalue weighted by Crippen LogP contribution is 2.28. The van der Waals surface area contributed by atoms with Crippen LogP contribution in [0.25, 0.3) is 0 Å². The van der Waals surface area contributed by atoms with Crippen molar-refractivity contribution in [1.82, 2.24) is 10.6 Å². The van der Waals surface area contributed by atoms with Crippen molar-refractivity contribution in [3.05, 3.63) is 23.8 Å². The lowest BCUT2D eigenvalue weighted by Gasteiger charge is -2.21. The molecule has 154 valence electrons. The normalized spacial score (nSPS) is 12.8. The molecule has 1 rings (SSSR count). The lowest BCUT2D eigenvalue weighted by atomic mass is 10.0. The molecule has 2 N–H and O–H groups in total. The SMILES string of the molecule is CCNC(=NCc1ccc(OC)c(OCC)c1)NCCC(OCC)C(C)C. The van der Waals surface area contributed by atoms with Crippen LogP contribution in [0.1, 0.15) is 46.6 Å². The summed E-state index contributed by atoms with van der Waals surface area (Å²) in [5.41, 5.74) is 1.07. The Morgan fingerprint density at radius 2 is 1.85 bits per heavy atom. The number of nitrogens with one attached hydrogen (secondary N) is 2. The van der Waals surface area contributed by atoms with Gasteiger partial charge in [0.1, 0.15) is 0 Å². The molecule has 0 amide bonds. The van der Waals surface area contributed by atoms with Crippen molar-refractivity contribution in [2.75, 3.05) is 33.4 Å². The first kappa shape index (κ1) is 23.1. The van der Waals surface area contributed by atoms with E-state index in [4.69, 9.17) is 14.2 Å². The van der Waals surface area contributed by atoms with E-state index < -0.39 is 0 Å². The molecular formula is C21H37N3O3. The molecule has 0 aliphatic carbocycles. The minimum atomic E-state index is 0.265. The monoisotopic (exact) mass is 379 g/mol. The number of ether oxygens (including phenoxy) is 3. The van der Waals surface area contributed by atoms with Crippen molar-refractivity contribution in [3.63, 3.8) is 0 Å². The maximum Gasteiger partial charge on any atom is 0.191 e. The number of rotatable bonds is 12. The van der Waals surface area contributed by atoms with Crippen LogP contribution < -0.4 is 20.1 Å². The van der Waals surface area contributed by atoms with Gasteiger partial charge in [0.2, 0.25) is 0 Å². The first-order valence-electron chi connectivity index (χ1n) is 9.99. The van der Waals surface area contributed by atoms with Crippen LogP contribution in [0.4, 0.5) is 0 Å². The average Bonchev–Trinajstić information content (AvgIpc) is 2.65. The van der Waals surface area contributed by atoms with Crippen molar-refractivity contribution >= 4 is 5.96 Å². The Morgan fingerprint density at radius 1 is 1.07 bits per heavy atom. The quantitative estimate of drug-likeness (QED) is 0.429. The maximum atomic E-state index is 5.81. The summed E-state index contributed by atoms with van der Waals surface area (Å²) in [6, 6.07) is 5.92. The summed E-state index contributed by atoms with van der Waals surface area (Å²) < 4.78 is 16.8. The van der Waals surface area contributed by atoms with Crippen LogP contribution in [0.2, 0.25) is 0 Å². The highest BCUT2D eigenvalue weighted by Gasteiger charge is 2.13. The lowest BCUT2D eigenvalue weighted by molar-refractivity contribution is 0.0258. The van der Waals surface area contributed by atoms with Gasteiger partial charge in [0.25, 0.3) is 0 Å². The highest BCUT2D eigenvalue weighted by molar-refractivity contribution is 5.79. The van der Waals surface area contributed by atoms with E-state index in [0.717, 1.165) is 49.1 Å². The maximum absolute atomic E-state index is 5.81. The Morgan fingerprint density at radius 3 is 2.44 bits per heavy atom. The fourth-order valence-corrected chi connectivity index (χ4v) is 2.76. The van der Waals surface area contributed by atoms with Gasteiger partial charge in [0, 0.05) is 19.7 Å². The number of methoxy groups -OCH3 is 1. The third-order valence-corrected chi connectivity index (χ3v) is 4.14. The summed E-state index contributed by atoms with van der Waals surface area (Å²) in [5.74, 6) is 2.81. The predicted octanol–water partition coefficient (Wildman–Crippen LogP) is 3.60. The number of hydrogen-bond donors (Lipinski definition) is 2. The molecule has 0 saturated heterocycles. The van der Waals surface area contributed by atoms with Gasteiger partial charge in [-0.15, -0.1) is 0 Å². The zero-order valence-electron chi connectivity index (χ0n) is 17.8. The first-order valence-corrected chi connectivity index (χ1v) is 9.99. The summed E-state index contributed by atoms with van der Waals surface area (Å²) >= 11 is 0. The van der Waals surface area contributed by atoms with E-state index in [9.17, 15) is 0 Å². The molecule has 0 fully saturated rings. The standard InChI is InChI=1S/C21H37N3O3/c1-7-22-21(23-13-12-18(16(4)5)26-8-2)24-15-17-10-11-19(25-6)20(14-17)27-9-3/h10-11,14,16,18H,7-9,12-13,15H2,1-6H3,(H2,22,23,24). The molecule has 6 nitrogen and oxygen atoms in total. The minimum Gasteiger partial charge on any atom is -0.493 e. The van der Waals surface area contributed by atoms with E-state index in [1.54, 1.807) is 7.11 Å². The van der Waals surface area contributed by atoms with Gasteiger partial charge in [0.05, 0.1) is 26.4 Å². The van der Waals surface area contributed by atoms with Crippen LogP contribution in [0, 0.1) is 5.92 Å². The second kappa shape index (κ2) is 13.3. The number of nitrogens with zero attached hydrogens (tertiary/aromatic N) is 1. The fraction of sp³-hybridized carbons (Fsp3) is 0.667. The first-order chi connectivity index (χ1) is 13.0. The molecule has 0 saturated carbocycles. The molecule has 0 aliphatic heterocycles. The van der Waals surface area contributed by atoms with Gasteiger partial charge in [-0.1, -0.05) is 19.9 Å². The highest BCUT2D eigenvalue weighted by atomic mass is 16.5. The number of aliphatic imine (C=N–C) groups is 1. The Hall–Kier alpha value is -1.95. The summed E-state index contributed by atoms with van der Waals surface area (Å²) in [7, 11) is 1.65. The molecule has 0 aromatic heterocycles. The zero-order valence-corrected chi connectivity index (χ0v) is 17.8. The number of hydrogen-bond acceptors (Lipinski definition) is 4. The lowest BCUT2D eigenvalue weighted by Crippen LogP contribution is -2.39. The van der Waals surface area contributed by atoms with Crippen LogP contribution in [-0.2, 0) is 11.3 Å². The van der Waals surface area contributed by atoms with Crippen LogP contribution in [0.5, 0.6) is 11.5 Å². The van der Waals surface area contributed by atoms with E-state index >= 15 is 0 Å². The molecule has 0 spiro atoms. The molecule has 1 aromatic carbocycles. The third kappa shape index (κ3) is 8.52. The molecule has 27 heavy (non-hydrogen) atoms. The second-order valence-electron chi connectivity index (χ2n) is 6.57. The van der Waals surface area contributed by atoms with Crippen molar-refractivity contribution in [2.24, 2.45) is 10.9 Å². The number of benzene rings is 1. The van der Waals surface area contributed by atoms with E-state index in [0.29, 0.717) is 19.1 Å². The predicted molar refractivity (Wildman–Crippen MR) is 112 cm³/mol. The van der Waals surface area contributed by atoms with Crippen LogP contribution in [0.3, 0.4) is 0 Å². The Balaban J connectivity index is 2.68. The van der Waals surface area contributed by atoms with Gasteiger partial charge in [0.15, 0.2) is 17.5 Å². The molecule has 0 heterocycles. The van der Waals surface area contributed by atoms with Gasteiger partial charge in [-0.2, -0.15) is 0 Å². The van der Waals surface area contributed by atoms with Gasteiger partial charge in [-0.05, 0) is 50.8 Å². The summed E-state index contributed by atoms with van der Waals surface area (Å²) in [6.45, 7) is 14.0. The molecule has 1 atom stereocenters. The molecule has 6 heteroatoms. The van der Waals surface area contributed by atoms with E-state index in [1.165, 1.54) is 0 Å². The Labute approximate surface area is 164 Å². The van der Waals surface area contributed by atoms with Gasteiger partial charge >= 0.3 is 0 Å². The molecule has 1 unspecified atom stereocenters. The average molecular weight is 380 g/mol. The molecule has 0 aliphatic rings. The van der Waals surface area contributed by atoms with Crippen LogP contribution in [0.15, 0.2) is 23.2 Å². The molecule has 0 radical (unpaired) electrons. The van der Waals surface area contributed by atoms with Gasteiger partial charge < -0.3 is 24.8 Å². The van der Waals surface area contributed by atoms with E-state index in [1.807, 2.05) is 32.0 Å². The molecule has 0 bridgehead atoms. The van der Waals surface area contributed by atoms with Crippen molar-refractivity contribution in [1.29, 1.82) is 0 Å². The van der Waals surface area contributed by atoms with E-state index in [-0.39, 0.29) is 6.10 Å². The van der Waals surface area contributed by atoms with Crippen molar-refractivity contribution < 1.29 is 14.2 Å². The third-order valence-electron chi connectivity index (χ3n) is 4.14. The largest absolute Gasteiger partial charge is 0.493 e. The zero-order chi connectivity index (χ0) is 20.1. The smallest absolute Gasteiger partial charge is 0.191 e. The summed E-state index contributed by atoms with van der Waals surface area (Å²) in [4.78, 5) is 4.69. The van der Waals surface area contributed by atoms with Crippen LogP contribution >= 0.6 is 0 Å². The van der Waals surface area contributed by atoms with Gasteiger partial charge in [-0.3, -0.25) is 0 Å². The van der Waals surface area contributed by atoms with E-state index in [2.05, 4.69) is 36.4 Å². The van der Waals surface area contributed by atoms with Crippen molar-refractivity contribution in [2.45, 2.75) is 53.7 Å². The molecule has 1 aromatic rings. The Bertz CT molecular complexity index is 562. The van der Waals surface area contributed by atoms with Gasteiger partial charge in [-0.25, -0.2) is 4.99 Å². The Kier molecular flexibility index (Phi) is 11.3. The minimum absolute atomic E-state index is 0.265. The van der Waals surface area contributed by atoms with Crippen LogP contribution in [-0.4, -0.2) is 45.5 Å². The molecular weight excluding hydrogens is 342 g/mol. The number of guanidine groups is 1. The van der Waals surface area contributed by atoms with Crippen molar-refractivity contribution in [3.8, 4) is 11.5 Å². The summed E-state index contributed by atoms with van der Waals surface area (Å²) in [5, 5.41) is 6.69. The second-order valence-corrected chi connectivity index (χ2v) is 6.57. The summed E-state index contributed by atoms with van der Waals surface area (Å²) in [6.07, 6.45) is 1.22.